The van der Waals surface area contributed by atoms with E-state index in [1.807, 2.05) is 0 Å². The lowest BCUT2D eigenvalue weighted by Crippen LogP contribution is -2.35. The normalized spacial score (nSPS) is 17.9. The molecule has 82 valence electrons. The fourth-order valence-electron chi connectivity index (χ4n) is 2.27. The maximum atomic E-state index is 10.5. The van der Waals surface area contributed by atoms with Gasteiger partial charge in [-0.05, 0) is 25.8 Å². The summed E-state index contributed by atoms with van der Waals surface area (Å²) in [6, 6.07) is 0.661. The Morgan fingerprint density at radius 3 is 2.50 bits per heavy atom. The molecule has 0 aromatic rings. The van der Waals surface area contributed by atoms with Crippen molar-refractivity contribution in [3.05, 3.63) is 0 Å². The van der Waals surface area contributed by atoms with Crippen LogP contribution in [0.15, 0.2) is 0 Å². The molecule has 0 amide bonds. The van der Waals surface area contributed by atoms with Gasteiger partial charge in [0.05, 0.1) is 6.42 Å². The number of carbonyl (C=O) groups is 1. The van der Waals surface area contributed by atoms with Gasteiger partial charge < -0.3 is 5.11 Å². The van der Waals surface area contributed by atoms with E-state index in [9.17, 15) is 4.79 Å². The van der Waals surface area contributed by atoms with E-state index in [4.69, 9.17) is 5.11 Å². The summed E-state index contributed by atoms with van der Waals surface area (Å²) in [6.45, 7) is 3.94. The largest absolute Gasteiger partial charge is 0.481 e. The predicted octanol–water partition coefficient (Wildman–Crippen LogP) is 2.12. The number of rotatable bonds is 6. The molecule has 14 heavy (non-hydrogen) atoms. The van der Waals surface area contributed by atoms with E-state index in [0.717, 1.165) is 19.5 Å². The molecule has 0 aromatic carbocycles. The SMILES string of the molecule is CCCN(CCC(=O)O)C1CCCC1. The molecule has 0 bridgehead atoms. The Hall–Kier alpha value is -0.570. The molecule has 0 aliphatic heterocycles. The van der Waals surface area contributed by atoms with Crippen molar-refractivity contribution >= 4 is 5.97 Å². The minimum atomic E-state index is -0.677. The highest BCUT2D eigenvalue weighted by molar-refractivity contribution is 5.66. The molecule has 0 saturated heterocycles. The zero-order valence-corrected chi connectivity index (χ0v) is 9.04. The summed E-state index contributed by atoms with van der Waals surface area (Å²) in [7, 11) is 0. The second kappa shape index (κ2) is 6.02. The number of hydrogen-bond acceptors (Lipinski definition) is 2. The van der Waals surface area contributed by atoms with E-state index in [2.05, 4.69) is 11.8 Å². The van der Waals surface area contributed by atoms with Crippen LogP contribution in [0.2, 0.25) is 0 Å². The molecule has 0 spiro atoms. The van der Waals surface area contributed by atoms with E-state index in [0.29, 0.717) is 6.04 Å². The first-order valence-electron chi connectivity index (χ1n) is 5.70. The van der Waals surface area contributed by atoms with E-state index in [1.54, 1.807) is 0 Å². The standard InChI is InChI=1S/C11H21NO2/c1-2-8-12(9-7-11(13)14)10-5-3-4-6-10/h10H,2-9H2,1H3,(H,13,14). The predicted molar refractivity (Wildman–Crippen MR) is 56.4 cm³/mol. The summed E-state index contributed by atoms with van der Waals surface area (Å²) >= 11 is 0. The summed E-state index contributed by atoms with van der Waals surface area (Å²) in [6.07, 6.45) is 6.57. The Morgan fingerprint density at radius 1 is 1.36 bits per heavy atom. The molecule has 1 rings (SSSR count). The molecule has 0 aromatic heterocycles. The third kappa shape index (κ3) is 3.66. The van der Waals surface area contributed by atoms with Gasteiger partial charge in [-0.3, -0.25) is 9.69 Å². The maximum absolute atomic E-state index is 10.5. The van der Waals surface area contributed by atoms with Crippen LogP contribution in [0.4, 0.5) is 0 Å². The molecule has 0 radical (unpaired) electrons. The first-order chi connectivity index (χ1) is 6.74. The van der Waals surface area contributed by atoms with E-state index < -0.39 is 5.97 Å². The summed E-state index contributed by atoms with van der Waals surface area (Å²) < 4.78 is 0. The van der Waals surface area contributed by atoms with Gasteiger partial charge in [0, 0.05) is 12.6 Å². The molecule has 0 unspecified atom stereocenters. The number of nitrogens with zero attached hydrogens (tertiary/aromatic N) is 1. The Labute approximate surface area is 86.1 Å². The molecule has 3 heteroatoms. The van der Waals surface area contributed by atoms with Crippen LogP contribution in [0.1, 0.15) is 45.4 Å². The van der Waals surface area contributed by atoms with Crippen LogP contribution < -0.4 is 0 Å². The van der Waals surface area contributed by atoms with Crippen molar-refractivity contribution in [2.75, 3.05) is 13.1 Å². The fraction of sp³-hybridized carbons (Fsp3) is 0.909. The molecule has 0 atom stereocenters. The quantitative estimate of drug-likeness (QED) is 0.712. The lowest BCUT2D eigenvalue weighted by Gasteiger charge is -2.27. The molecule has 1 aliphatic carbocycles. The Bertz CT molecular complexity index is 176. The Kier molecular flexibility index (Phi) is 4.94. The van der Waals surface area contributed by atoms with Gasteiger partial charge in [0.2, 0.25) is 0 Å². The van der Waals surface area contributed by atoms with E-state index >= 15 is 0 Å². The third-order valence-electron chi connectivity index (χ3n) is 2.96. The van der Waals surface area contributed by atoms with Gasteiger partial charge in [-0.25, -0.2) is 0 Å². The topological polar surface area (TPSA) is 40.5 Å². The van der Waals surface area contributed by atoms with Crippen molar-refractivity contribution in [1.29, 1.82) is 0 Å². The van der Waals surface area contributed by atoms with E-state index in [1.165, 1.54) is 25.7 Å². The first-order valence-corrected chi connectivity index (χ1v) is 5.70. The van der Waals surface area contributed by atoms with Gasteiger partial charge in [0.1, 0.15) is 0 Å². The van der Waals surface area contributed by atoms with Crippen molar-refractivity contribution < 1.29 is 9.90 Å². The third-order valence-corrected chi connectivity index (χ3v) is 2.96. The average molecular weight is 199 g/mol. The summed E-state index contributed by atoms with van der Waals surface area (Å²) in [5.74, 6) is -0.677. The van der Waals surface area contributed by atoms with Gasteiger partial charge in [-0.2, -0.15) is 0 Å². The molecular weight excluding hydrogens is 178 g/mol. The van der Waals surface area contributed by atoms with Crippen molar-refractivity contribution in [2.24, 2.45) is 0 Å². The van der Waals surface area contributed by atoms with Crippen LogP contribution in [-0.4, -0.2) is 35.1 Å². The molecule has 1 aliphatic rings. The van der Waals surface area contributed by atoms with Gasteiger partial charge in [-0.15, -0.1) is 0 Å². The Morgan fingerprint density at radius 2 is 2.00 bits per heavy atom. The molecule has 3 nitrogen and oxygen atoms in total. The number of aliphatic carboxylic acids is 1. The van der Waals surface area contributed by atoms with Crippen molar-refractivity contribution in [1.82, 2.24) is 4.90 Å². The highest BCUT2D eigenvalue weighted by Crippen LogP contribution is 2.23. The second-order valence-corrected chi connectivity index (χ2v) is 4.12. The van der Waals surface area contributed by atoms with Crippen LogP contribution in [0.5, 0.6) is 0 Å². The maximum Gasteiger partial charge on any atom is 0.304 e. The number of carboxylic acid groups (broad SMARTS) is 1. The second-order valence-electron chi connectivity index (χ2n) is 4.12. The first kappa shape index (κ1) is 11.5. The van der Waals surface area contributed by atoms with Crippen LogP contribution in [0, 0.1) is 0 Å². The lowest BCUT2D eigenvalue weighted by molar-refractivity contribution is -0.137. The lowest BCUT2D eigenvalue weighted by atomic mass is 10.2. The summed E-state index contributed by atoms with van der Waals surface area (Å²) in [4.78, 5) is 12.9. The molecule has 1 saturated carbocycles. The van der Waals surface area contributed by atoms with Gasteiger partial charge in [0.15, 0.2) is 0 Å². The highest BCUT2D eigenvalue weighted by atomic mass is 16.4. The zero-order valence-electron chi connectivity index (χ0n) is 9.04. The van der Waals surface area contributed by atoms with Crippen LogP contribution in [0.3, 0.4) is 0 Å². The summed E-state index contributed by atoms with van der Waals surface area (Å²) in [5.41, 5.74) is 0. The van der Waals surface area contributed by atoms with Crippen LogP contribution in [0.25, 0.3) is 0 Å². The highest BCUT2D eigenvalue weighted by Gasteiger charge is 2.21. The summed E-state index contributed by atoms with van der Waals surface area (Å²) in [5, 5.41) is 8.65. The zero-order chi connectivity index (χ0) is 10.4. The molecule has 1 fully saturated rings. The minimum Gasteiger partial charge on any atom is -0.481 e. The molecular formula is C11H21NO2. The smallest absolute Gasteiger partial charge is 0.304 e. The monoisotopic (exact) mass is 199 g/mol. The van der Waals surface area contributed by atoms with Crippen LogP contribution in [-0.2, 0) is 4.79 Å². The van der Waals surface area contributed by atoms with E-state index in [-0.39, 0.29) is 6.42 Å². The molecule has 0 heterocycles. The van der Waals surface area contributed by atoms with Gasteiger partial charge in [-0.1, -0.05) is 19.8 Å². The number of carboxylic acids is 1. The average Bonchev–Trinajstić information content (AvgIpc) is 2.64. The number of hydrogen-bond donors (Lipinski definition) is 1. The molecule has 1 N–H and O–H groups in total. The van der Waals surface area contributed by atoms with Crippen molar-refractivity contribution in [2.45, 2.75) is 51.5 Å². The fourth-order valence-corrected chi connectivity index (χ4v) is 2.27. The van der Waals surface area contributed by atoms with Gasteiger partial charge >= 0.3 is 5.97 Å². The van der Waals surface area contributed by atoms with Gasteiger partial charge in [0.25, 0.3) is 0 Å². The Balaban J connectivity index is 2.33. The minimum absolute atomic E-state index is 0.288. The van der Waals surface area contributed by atoms with Crippen molar-refractivity contribution in [3.63, 3.8) is 0 Å². The van der Waals surface area contributed by atoms with Crippen LogP contribution >= 0.6 is 0 Å². The van der Waals surface area contributed by atoms with Crippen molar-refractivity contribution in [3.8, 4) is 0 Å².